The molecule has 0 spiro atoms. The zero-order valence-electron chi connectivity index (χ0n) is 16.4. The molecule has 2 aromatic carbocycles. The summed E-state index contributed by atoms with van der Waals surface area (Å²) in [5.74, 6) is 1.43. The lowest BCUT2D eigenvalue weighted by Gasteiger charge is -2.11. The first-order chi connectivity index (χ1) is 14.6. The number of aryl methyl sites for hydroxylation is 2. The molecule has 150 valence electrons. The van der Waals surface area contributed by atoms with Crippen LogP contribution in [0.5, 0.6) is 11.5 Å². The molecule has 1 aliphatic rings. The first-order valence-electron chi connectivity index (χ1n) is 9.36. The summed E-state index contributed by atoms with van der Waals surface area (Å²) in [6.07, 6.45) is 1.48. The summed E-state index contributed by atoms with van der Waals surface area (Å²) in [5, 5.41) is 2.94. The van der Waals surface area contributed by atoms with Crippen LogP contribution in [0.4, 0.5) is 5.82 Å². The van der Waals surface area contributed by atoms with Crippen molar-refractivity contribution in [1.82, 2.24) is 15.4 Å². The molecule has 0 saturated carbocycles. The topological polar surface area (TPSA) is 85.4 Å². The number of carbonyl (C=O) groups is 1. The van der Waals surface area contributed by atoms with Gasteiger partial charge in [0, 0.05) is 16.5 Å². The molecule has 2 aromatic heterocycles. The van der Waals surface area contributed by atoms with E-state index in [0.717, 1.165) is 21.3 Å². The van der Waals surface area contributed by atoms with Crippen molar-refractivity contribution < 1.29 is 14.3 Å². The van der Waals surface area contributed by atoms with Crippen LogP contribution in [0.1, 0.15) is 21.5 Å². The van der Waals surface area contributed by atoms with Crippen LogP contribution in [0, 0.1) is 13.8 Å². The fourth-order valence-electron chi connectivity index (χ4n) is 3.32. The minimum Gasteiger partial charge on any atom is -0.454 e. The van der Waals surface area contributed by atoms with E-state index in [1.165, 1.54) is 17.5 Å². The lowest BCUT2D eigenvalue weighted by molar-refractivity contribution is 0.0962. The zero-order valence-corrected chi connectivity index (χ0v) is 17.2. The Bertz CT molecular complexity index is 1280. The average Bonchev–Trinajstić information content (AvgIpc) is 3.40. The van der Waals surface area contributed by atoms with E-state index in [1.807, 2.05) is 0 Å². The molecule has 4 aromatic rings. The zero-order chi connectivity index (χ0) is 20.7. The molecule has 0 saturated heterocycles. The number of hydrogen-bond acceptors (Lipinski definition) is 7. The van der Waals surface area contributed by atoms with Gasteiger partial charge in [0.15, 0.2) is 17.3 Å². The molecule has 7 nitrogen and oxygen atoms in total. The predicted octanol–water partition coefficient (Wildman–Crippen LogP) is 4.46. The maximum Gasteiger partial charge on any atom is 0.269 e. The van der Waals surface area contributed by atoms with Gasteiger partial charge >= 0.3 is 0 Å². The molecular formula is C22H18N4O3S. The second-order valence-electron chi connectivity index (χ2n) is 7.00. The molecule has 3 heterocycles. The Morgan fingerprint density at radius 2 is 1.90 bits per heavy atom. The second-order valence-corrected chi connectivity index (χ2v) is 7.86. The van der Waals surface area contributed by atoms with Crippen molar-refractivity contribution in [3.63, 3.8) is 0 Å². The summed E-state index contributed by atoms with van der Waals surface area (Å²) in [4.78, 5) is 22.2. The molecule has 0 unspecified atom stereocenters. The average molecular weight is 418 g/mol. The first kappa shape index (κ1) is 18.4. The summed E-state index contributed by atoms with van der Waals surface area (Å²) in [6.45, 7) is 4.35. The number of thiophene rings is 1. The van der Waals surface area contributed by atoms with Crippen LogP contribution in [0.2, 0.25) is 0 Å². The highest BCUT2D eigenvalue weighted by molar-refractivity contribution is 7.17. The number of hydrazine groups is 1. The summed E-state index contributed by atoms with van der Waals surface area (Å²) in [7, 11) is 0. The number of fused-ring (bicyclic) bond motifs is 2. The molecule has 8 heteroatoms. The van der Waals surface area contributed by atoms with E-state index in [1.54, 1.807) is 29.5 Å². The van der Waals surface area contributed by atoms with Crippen molar-refractivity contribution in [2.75, 3.05) is 12.2 Å². The third kappa shape index (κ3) is 3.21. The fraction of sp³-hybridized carbons (Fsp3) is 0.136. The molecule has 30 heavy (non-hydrogen) atoms. The van der Waals surface area contributed by atoms with Crippen LogP contribution in [0.25, 0.3) is 21.3 Å². The van der Waals surface area contributed by atoms with Gasteiger partial charge in [-0.05, 0) is 48.7 Å². The Morgan fingerprint density at radius 3 is 2.77 bits per heavy atom. The standard InChI is InChI=1S/C22H18N4O3S/c1-12-3-4-14(7-13(12)2)16-9-30-22-19(16)20(23-10-24-22)25-26-21(27)15-5-6-17-18(8-15)29-11-28-17/h3-10H,11H2,1-2H3,(H,26,27)(H,23,24,25). The van der Waals surface area contributed by atoms with Gasteiger partial charge in [0.2, 0.25) is 6.79 Å². The van der Waals surface area contributed by atoms with Crippen LogP contribution >= 0.6 is 11.3 Å². The largest absolute Gasteiger partial charge is 0.454 e. The third-order valence-electron chi connectivity index (χ3n) is 5.12. The van der Waals surface area contributed by atoms with Crippen molar-refractivity contribution in [2.45, 2.75) is 13.8 Å². The second kappa shape index (κ2) is 7.31. The van der Waals surface area contributed by atoms with Gasteiger partial charge < -0.3 is 9.47 Å². The number of ether oxygens (including phenoxy) is 2. The quantitative estimate of drug-likeness (QED) is 0.476. The Morgan fingerprint density at radius 1 is 1.03 bits per heavy atom. The number of nitrogens with zero attached hydrogens (tertiary/aromatic N) is 2. The monoisotopic (exact) mass is 418 g/mol. The van der Waals surface area contributed by atoms with Crippen LogP contribution in [0.3, 0.4) is 0 Å². The third-order valence-corrected chi connectivity index (χ3v) is 6.00. The van der Waals surface area contributed by atoms with Crippen LogP contribution in [0.15, 0.2) is 48.1 Å². The van der Waals surface area contributed by atoms with Gasteiger partial charge in [0.25, 0.3) is 5.91 Å². The maximum absolute atomic E-state index is 12.6. The number of benzene rings is 2. The summed E-state index contributed by atoms with van der Waals surface area (Å²) < 4.78 is 10.6. The van der Waals surface area contributed by atoms with Gasteiger partial charge in [-0.3, -0.25) is 15.6 Å². The Hall–Kier alpha value is -3.65. The highest BCUT2D eigenvalue weighted by Gasteiger charge is 2.17. The molecular weight excluding hydrogens is 400 g/mol. The van der Waals surface area contributed by atoms with Crippen molar-refractivity contribution in [2.24, 2.45) is 0 Å². The van der Waals surface area contributed by atoms with Gasteiger partial charge in [-0.1, -0.05) is 18.2 Å². The number of carbonyl (C=O) groups excluding carboxylic acids is 1. The minimum atomic E-state index is -0.303. The lowest BCUT2D eigenvalue weighted by atomic mass is 10.0. The predicted molar refractivity (Wildman–Crippen MR) is 116 cm³/mol. The van der Waals surface area contributed by atoms with Gasteiger partial charge in [-0.2, -0.15) is 0 Å². The molecule has 0 radical (unpaired) electrons. The van der Waals surface area contributed by atoms with Crippen molar-refractivity contribution in [1.29, 1.82) is 0 Å². The molecule has 0 aliphatic carbocycles. The highest BCUT2D eigenvalue weighted by Crippen LogP contribution is 2.37. The number of nitrogens with one attached hydrogen (secondary N) is 2. The Balaban J connectivity index is 1.44. The molecule has 0 atom stereocenters. The van der Waals surface area contributed by atoms with Crippen LogP contribution in [-0.4, -0.2) is 22.7 Å². The highest BCUT2D eigenvalue weighted by atomic mass is 32.1. The fourth-order valence-corrected chi connectivity index (χ4v) is 4.23. The first-order valence-corrected chi connectivity index (χ1v) is 10.2. The van der Waals surface area contributed by atoms with Crippen molar-refractivity contribution in [3.8, 4) is 22.6 Å². The van der Waals surface area contributed by atoms with Crippen LogP contribution < -0.4 is 20.3 Å². The van der Waals surface area contributed by atoms with Gasteiger partial charge in [-0.15, -0.1) is 11.3 Å². The SMILES string of the molecule is Cc1ccc(-c2csc3ncnc(NNC(=O)c4ccc5c(c4)OCO5)c23)cc1C. The molecule has 1 amide bonds. The smallest absolute Gasteiger partial charge is 0.269 e. The van der Waals surface area contributed by atoms with Gasteiger partial charge in [0.1, 0.15) is 11.2 Å². The normalized spacial score (nSPS) is 12.2. The summed E-state index contributed by atoms with van der Waals surface area (Å²) >= 11 is 1.54. The van der Waals surface area contributed by atoms with E-state index in [9.17, 15) is 4.79 Å². The van der Waals surface area contributed by atoms with Crippen molar-refractivity contribution >= 4 is 33.3 Å². The molecule has 0 bridgehead atoms. The van der Waals surface area contributed by atoms with E-state index >= 15 is 0 Å². The van der Waals surface area contributed by atoms with E-state index in [2.05, 4.69) is 58.2 Å². The number of anilines is 1. The van der Waals surface area contributed by atoms with E-state index in [0.29, 0.717) is 22.9 Å². The number of rotatable bonds is 4. The number of amides is 1. The lowest BCUT2D eigenvalue weighted by Crippen LogP contribution is -2.29. The van der Waals surface area contributed by atoms with E-state index < -0.39 is 0 Å². The van der Waals surface area contributed by atoms with Crippen molar-refractivity contribution in [3.05, 3.63) is 64.8 Å². The summed E-state index contributed by atoms with van der Waals surface area (Å²) in [5.41, 5.74) is 10.7. The molecule has 5 rings (SSSR count). The van der Waals surface area contributed by atoms with Gasteiger partial charge in [0.05, 0.1) is 5.39 Å². The molecule has 2 N–H and O–H groups in total. The number of hydrogen-bond donors (Lipinski definition) is 2. The number of aromatic nitrogens is 2. The molecule has 0 fully saturated rings. The van der Waals surface area contributed by atoms with E-state index in [4.69, 9.17) is 9.47 Å². The Labute approximate surface area is 176 Å². The van der Waals surface area contributed by atoms with Crippen LogP contribution in [-0.2, 0) is 0 Å². The molecule has 1 aliphatic heterocycles. The Kier molecular flexibility index (Phi) is 4.48. The van der Waals surface area contributed by atoms with Gasteiger partial charge in [-0.25, -0.2) is 9.97 Å². The minimum absolute atomic E-state index is 0.164. The van der Waals surface area contributed by atoms with E-state index in [-0.39, 0.29) is 12.7 Å². The maximum atomic E-state index is 12.6. The summed E-state index contributed by atoms with van der Waals surface area (Å²) in [6, 6.07) is 11.4.